The van der Waals surface area contributed by atoms with Crippen molar-refractivity contribution in [3.63, 3.8) is 0 Å². The van der Waals surface area contributed by atoms with E-state index in [4.69, 9.17) is 0 Å². The van der Waals surface area contributed by atoms with Crippen molar-refractivity contribution in [3.8, 4) is 11.1 Å². The zero-order chi connectivity index (χ0) is 27.8. The molecule has 2 heterocycles. The summed E-state index contributed by atoms with van der Waals surface area (Å²) in [7, 11) is -3.50. The molecule has 206 valence electrons. The Morgan fingerprint density at radius 2 is 1.67 bits per heavy atom. The molecule has 1 aliphatic carbocycles. The van der Waals surface area contributed by atoms with Gasteiger partial charge < -0.3 is 9.72 Å². The molecule has 10 heteroatoms. The van der Waals surface area contributed by atoms with E-state index in [9.17, 15) is 21.6 Å². The molecule has 1 fully saturated rings. The summed E-state index contributed by atoms with van der Waals surface area (Å²) < 4.78 is 67.0. The van der Waals surface area contributed by atoms with Gasteiger partial charge in [0.2, 0.25) is 0 Å². The number of imidazole rings is 1. The fraction of sp³-hybridized carbons (Fsp3) is 0.345. The molecule has 0 atom stereocenters. The normalized spacial score (nSPS) is 18.5. The van der Waals surface area contributed by atoms with Crippen LogP contribution in [0.3, 0.4) is 0 Å². The first-order valence-electron chi connectivity index (χ1n) is 12.9. The number of hydrogen-bond acceptors (Lipinski definition) is 5. The number of aromatic nitrogens is 2. The Bertz CT molecular complexity index is 1560. The molecule has 0 radical (unpaired) electrons. The summed E-state index contributed by atoms with van der Waals surface area (Å²) in [4.78, 5) is 4.89. The molecule has 0 saturated heterocycles. The van der Waals surface area contributed by atoms with Crippen molar-refractivity contribution in [2.24, 2.45) is 0 Å². The minimum atomic E-state index is -4.34. The molecule has 2 aromatic heterocycles. The first-order valence-corrected chi connectivity index (χ1v) is 15.3. The largest absolute Gasteiger partial charge is 0.446 e. The molecule has 5 nitrogen and oxygen atoms in total. The zero-order valence-corrected chi connectivity index (χ0v) is 23.3. The molecule has 1 N–H and O–H groups in total. The molecule has 0 amide bonds. The molecule has 1 aliphatic rings. The van der Waals surface area contributed by atoms with E-state index in [2.05, 4.69) is 28.5 Å². The number of hydrogen-bond donors (Lipinski definition) is 1. The number of rotatable bonds is 7. The number of fused-ring (bicyclic) bond motifs is 1. The van der Waals surface area contributed by atoms with Crippen LogP contribution in [0.15, 0.2) is 82.8 Å². The molecule has 0 unspecified atom stereocenters. The van der Waals surface area contributed by atoms with Crippen LogP contribution in [-0.4, -0.2) is 34.6 Å². The van der Waals surface area contributed by atoms with Crippen LogP contribution in [0.4, 0.5) is 18.9 Å². The lowest BCUT2D eigenvalue weighted by atomic mass is 9.95. The Morgan fingerprint density at radius 3 is 2.33 bits per heavy atom. The fourth-order valence-electron chi connectivity index (χ4n) is 5.16. The maximum atomic E-state index is 13.4. The Balaban J connectivity index is 1.24. The summed E-state index contributed by atoms with van der Waals surface area (Å²) >= 11 is -0.143. The molecule has 39 heavy (non-hydrogen) atoms. The van der Waals surface area contributed by atoms with Crippen molar-refractivity contribution in [2.75, 3.05) is 5.32 Å². The predicted octanol–water partition coefficient (Wildman–Crippen LogP) is 7.93. The summed E-state index contributed by atoms with van der Waals surface area (Å²) in [6, 6.07) is 17.3. The monoisotopic (exact) mass is 573 g/mol. The highest BCUT2D eigenvalue weighted by Crippen LogP contribution is 2.38. The minimum Gasteiger partial charge on any atom is -0.382 e. The van der Waals surface area contributed by atoms with Crippen LogP contribution >= 0.6 is 11.8 Å². The average Bonchev–Trinajstić information content (AvgIpc) is 3.32. The highest BCUT2D eigenvalue weighted by molar-refractivity contribution is 8.00. The Kier molecular flexibility index (Phi) is 7.70. The number of halogens is 3. The first-order chi connectivity index (χ1) is 18.5. The van der Waals surface area contributed by atoms with Gasteiger partial charge in [-0.1, -0.05) is 32.0 Å². The Morgan fingerprint density at radius 1 is 0.974 bits per heavy atom. The molecular weight excluding hydrogens is 543 g/mol. The highest BCUT2D eigenvalue weighted by atomic mass is 32.2. The summed E-state index contributed by atoms with van der Waals surface area (Å²) in [5, 5.41) is 2.80. The third kappa shape index (κ3) is 6.27. The first kappa shape index (κ1) is 27.6. The number of thioether (sulfide) groups is 1. The molecule has 0 bridgehead atoms. The van der Waals surface area contributed by atoms with Crippen LogP contribution < -0.4 is 5.32 Å². The van der Waals surface area contributed by atoms with Crippen molar-refractivity contribution < 1.29 is 21.6 Å². The van der Waals surface area contributed by atoms with E-state index in [0.717, 1.165) is 22.5 Å². The van der Waals surface area contributed by atoms with E-state index in [1.54, 1.807) is 24.3 Å². The second-order valence-corrected chi connectivity index (χ2v) is 13.6. The van der Waals surface area contributed by atoms with Crippen LogP contribution in [0.1, 0.15) is 51.1 Å². The number of nitrogens with one attached hydrogen (secondary N) is 1. The van der Waals surface area contributed by atoms with E-state index in [-0.39, 0.29) is 22.7 Å². The molecule has 5 rings (SSSR count). The number of benzene rings is 2. The highest BCUT2D eigenvalue weighted by Gasteiger charge is 2.32. The van der Waals surface area contributed by atoms with Gasteiger partial charge in [0.05, 0.1) is 10.1 Å². The van der Waals surface area contributed by atoms with Gasteiger partial charge in [-0.05, 0) is 97.0 Å². The van der Waals surface area contributed by atoms with Gasteiger partial charge in [0.25, 0.3) is 0 Å². The summed E-state index contributed by atoms with van der Waals surface area (Å²) in [6.07, 6.45) is 6.16. The summed E-state index contributed by atoms with van der Waals surface area (Å²) in [6.45, 7) is 4.24. The molecule has 4 aromatic rings. The minimum absolute atomic E-state index is 0.0128. The van der Waals surface area contributed by atoms with Gasteiger partial charge in [-0.15, -0.1) is 0 Å². The maximum Gasteiger partial charge on any atom is 0.446 e. The van der Waals surface area contributed by atoms with Crippen LogP contribution in [0.25, 0.3) is 16.8 Å². The van der Waals surface area contributed by atoms with Gasteiger partial charge in [-0.2, -0.15) is 13.2 Å². The third-order valence-electron chi connectivity index (χ3n) is 7.19. The molecule has 0 aliphatic heterocycles. The van der Waals surface area contributed by atoms with Crippen LogP contribution in [0.5, 0.6) is 0 Å². The second kappa shape index (κ2) is 10.9. The summed E-state index contributed by atoms with van der Waals surface area (Å²) in [5.74, 6) is 0.326. The number of pyridine rings is 1. The van der Waals surface area contributed by atoms with Crippen molar-refractivity contribution in [3.05, 3.63) is 78.8 Å². The molecule has 1 saturated carbocycles. The maximum absolute atomic E-state index is 13.4. The zero-order valence-electron chi connectivity index (χ0n) is 21.6. The van der Waals surface area contributed by atoms with E-state index >= 15 is 0 Å². The van der Waals surface area contributed by atoms with Crippen molar-refractivity contribution in [1.82, 2.24) is 9.38 Å². The van der Waals surface area contributed by atoms with E-state index < -0.39 is 20.6 Å². The van der Waals surface area contributed by atoms with E-state index in [1.165, 1.54) is 12.1 Å². The lowest BCUT2D eigenvalue weighted by Crippen LogP contribution is -2.32. The van der Waals surface area contributed by atoms with Gasteiger partial charge in [0.15, 0.2) is 9.84 Å². The molecule has 2 aromatic carbocycles. The molecular formula is C29H30F3N3O2S2. The quantitative estimate of drug-likeness (QED) is 0.228. The topological polar surface area (TPSA) is 63.5 Å². The number of nitrogens with zero attached hydrogens (tertiary/aromatic N) is 2. The summed E-state index contributed by atoms with van der Waals surface area (Å²) in [5.41, 5.74) is 0.173. The standard InChI is InChI=1S/C29H30F3N3O2S2/c1-19(2)27-17-33-28-15-8-21(18-35(27)28)20-6-11-25(12-7-20)39(36,37)26-13-9-22(10-14-26)34-23-4-3-5-24(16-23)38-29(30,31)32/h3-8,11-12,15-19,22,26,34H,9-10,13-14H2,1-2H3. The Hall–Kier alpha value is -2.98. The van der Waals surface area contributed by atoms with Gasteiger partial charge in [-0.25, -0.2) is 13.4 Å². The number of alkyl halides is 3. The van der Waals surface area contributed by atoms with E-state index in [1.807, 2.05) is 36.7 Å². The number of sulfone groups is 1. The van der Waals surface area contributed by atoms with Gasteiger partial charge >= 0.3 is 5.51 Å². The fourth-order valence-corrected chi connectivity index (χ4v) is 7.56. The predicted molar refractivity (Wildman–Crippen MR) is 150 cm³/mol. The van der Waals surface area contributed by atoms with Gasteiger partial charge in [-0.3, -0.25) is 0 Å². The second-order valence-electron chi connectivity index (χ2n) is 10.2. The van der Waals surface area contributed by atoms with Crippen LogP contribution in [0, 0.1) is 0 Å². The lowest BCUT2D eigenvalue weighted by molar-refractivity contribution is -0.0328. The third-order valence-corrected chi connectivity index (χ3v) is 10.2. The van der Waals surface area contributed by atoms with Crippen molar-refractivity contribution >= 4 is 32.9 Å². The Labute approximate surface area is 230 Å². The average molecular weight is 574 g/mol. The van der Waals surface area contributed by atoms with Crippen LogP contribution in [0.2, 0.25) is 0 Å². The molecule has 0 spiro atoms. The van der Waals surface area contributed by atoms with Gasteiger partial charge in [0, 0.05) is 34.7 Å². The van der Waals surface area contributed by atoms with Crippen LogP contribution in [-0.2, 0) is 9.84 Å². The van der Waals surface area contributed by atoms with E-state index in [0.29, 0.717) is 42.2 Å². The van der Waals surface area contributed by atoms with Crippen molar-refractivity contribution in [1.29, 1.82) is 0 Å². The number of anilines is 1. The SMILES string of the molecule is CC(C)c1cnc2ccc(-c3ccc(S(=O)(=O)C4CCC(Nc5cccc(SC(F)(F)F)c5)CC4)cc3)cn12. The smallest absolute Gasteiger partial charge is 0.382 e. The van der Waals surface area contributed by atoms with Crippen molar-refractivity contribution in [2.45, 2.75) is 72.0 Å². The van der Waals surface area contributed by atoms with Gasteiger partial charge in [0.1, 0.15) is 5.65 Å². The lowest BCUT2D eigenvalue weighted by Gasteiger charge is -2.29.